The van der Waals surface area contributed by atoms with Crippen molar-refractivity contribution in [2.24, 2.45) is 0 Å². The van der Waals surface area contributed by atoms with Crippen LogP contribution >= 0.6 is 22.7 Å². The minimum absolute atomic E-state index is 0.194. The Morgan fingerprint density at radius 3 is 2.69 bits per heavy atom. The molecule has 0 atom stereocenters. The number of hydrogen-bond acceptors (Lipinski definition) is 5. The van der Waals surface area contributed by atoms with Crippen molar-refractivity contribution in [3.63, 3.8) is 0 Å². The average molecular weight is 254 g/mol. The largest absolute Gasteiger partial charge is 0.477 e. The fourth-order valence-electron chi connectivity index (χ4n) is 1.02. The van der Waals surface area contributed by atoms with Gasteiger partial charge in [0.15, 0.2) is 0 Å². The lowest BCUT2D eigenvalue weighted by atomic mass is 10.4. The molecule has 2 aromatic heterocycles. The van der Waals surface area contributed by atoms with E-state index in [9.17, 15) is 9.59 Å². The summed E-state index contributed by atoms with van der Waals surface area (Å²) in [5, 5.41) is 11.8. The van der Waals surface area contributed by atoms with Gasteiger partial charge in [-0.15, -0.1) is 22.7 Å². The fraction of sp³-hybridized carbons (Fsp3) is 0. The number of anilines is 1. The third-order valence-electron chi connectivity index (χ3n) is 1.71. The van der Waals surface area contributed by atoms with Crippen LogP contribution in [0.3, 0.4) is 0 Å². The van der Waals surface area contributed by atoms with Crippen molar-refractivity contribution in [2.45, 2.75) is 0 Å². The van der Waals surface area contributed by atoms with Crippen molar-refractivity contribution in [3.05, 3.63) is 33.6 Å². The van der Waals surface area contributed by atoms with E-state index in [4.69, 9.17) is 5.11 Å². The van der Waals surface area contributed by atoms with Crippen LogP contribution in [0.15, 0.2) is 23.8 Å². The molecule has 82 valence electrons. The van der Waals surface area contributed by atoms with Gasteiger partial charge in [0.1, 0.15) is 9.75 Å². The number of carboxylic acids is 1. The SMILES string of the molecule is O=C(O)c1ccc(NC(=O)c2cncs2)s1. The maximum absolute atomic E-state index is 11.6. The molecule has 0 saturated carbocycles. The second-order valence-electron chi connectivity index (χ2n) is 2.79. The van der Waals surface area contributed by atoms with Gasteiger partial charge in [-0.3, -0.25) is 9.78 Å². The molecule has 0 bridgehead atoms. The van der Waals surface area contributed by atoms with Crippen LogP contribution in [0.5, 0.6) is 0 Å². The number of aromatic nitrogens is 1. The van der Waals surface area contributed by atoms with Crippen molar-refractivity contribution >= 4 is 39.6 Å². The number of carbonyl (C=O) groups excluding carboxylic acids is 1. The normalized spacial score (nSPS) is 10.0. The summed E-state index contributed by atoms with van der Waals surface area (Å²) in [6.45, 7) is 0. The van der Waals surface area contributed by atoms with E-state index >= 15 is 0 Å². The highest BCUT2D eigenvalue weighted by Gasteiger charge is 2.11. The van der Waals surface area contributed by atoms with Gasteiger partial charge in [-0.25, -0.2) is 4.79 Å². The third-order valence-corrected chi connectivity index (χ3v) is 3.47. The maximum Gasteiger partial charge on any atom is 0.345 e. The van der Waals surface area contributed by atoms with E-state index in [1.54, 1.807) is 11.6 Å². The molecule has 0 aliphatic rings. The predicted octanol–water partition coefficient (Wildman–Crippen LogP) is 2.16. The number of carbonyl (C=O) groups is 2. The zero-order valence-corrected chi connectivity index (χ0v) is 9.47. The van der Waals surface area contributed by atoms with E-state index in [1.165, 1.54) is 23.6 Å². The van der Waals surface area contributed by atoms with Gasteiger partial charge in [-0.1, -0.05) is 0 Å². The molecule has 0 saturated heterocycles. The first-order valence-corrected chi connectivity index (χ1v) is 5.89. The number of carboxylic acid groups (broad SMARTS) is 1. The summed E-state index contributed by atoms with van der Waals surface area (Å²) < 4.78 is 0. The zero-order valence-electron chi connectivity index (χ0n) is 7.84. The lowest BCUT2D eigenvalue weighted by Crippen LogP contribution is -2.08. The van der Waals surface area contributed by atoms with Crippen LogP contribution in [0, 0.1) is 0 Å². The summed E-state index contributed by atoms with van der Waals surface area (Å²) in [4.78, 5) is 26.7. The van der Waals surface area contributed by atoms with Gasteiger partial charge < -0.3 is 10.4 Å². The quantitative estimate of drug-likeness (QED) is 0.879. The van der Waals surface area contributed by atoms with E-state index in [0.717, 1.165) is 11.3 Å². The van der Waals surface area contributed by atoms with E-state index in [-0.39, 0.29) is 10.8 Å². The first-order valence-electron chi connectivity index (χ1n) is 4.20. The van der Waals surface area contributed by atoms with Crippen molar-refractivity contribution in [1.29, 1.82) is 0 Å². The molecule has 0 unspecified atom stereocenters. The fourth-order valence-corrected chi connectivity index (χ4v) is 2.28. The van der Waals surface area contributed by atoms with Crippen LogP contribution in [0.25, 0.3) is 0 Å². The van der Waals surface area contributed by atoms with Gasteiger partial charge >= 0.3 is 5.97 Å². The van der Waals surface area contributed by atoms with Crippen LogP contribution < -0.4 is 5.32 Å². The topological polar surface area (TPSA) is 79.3 Å². The zero-order chi connectivity index (χ0) is 11.5. The Morgan fingerprint density at radius 1 is 1.31 bits per heavy atom. The summed E-state index contributed by atoms with van der Waals surface area (Å²) in [6, 6.07) is 3.02. The van der Waals surface area contributed by atoms with Crippen LogP contribution in [0.2, 0.25) is 0 Å². The summed E-state index contributed by atoms with van der Waals surface area (Å²) in [7, 11) is 0. The lowest BCUT2D eigenvalue weighted by Gasteiger charge is -1.97. The standard InChI is InChI=1S/C9H6N2O3S2/c12-8(6-3-10-4-15-6)11-7-2-1-5(16-7)9(13)14/h1-4H,(H,11,12)(H,13,14). The summed E-state index contributed by atoms with van der Waals surface area (Å²) in [5.74, 6) is -1.27. The Labute approximate surface area is 98.4 Å². The average Bonchev–Trinajstić information content (AvgIpc) is 2.87. The van der Waals surface area contributed by atoms with Crippen molar-refractivity contribution < 1.29 is 14.7 Å². The second kappa shape index (κ2) is 4.42. The van der Waals surface area contributed by atoms with Crippen molar-refractivity contribution in [3.8, 4) is 0 Å². The Morgan fingerprint density at radius 2 is 2.12 bits per heavy atom. The van der Waals surface area contributed by atoms with Crippen LogP contribution in [0.4, 0.5) is 5.00 Å². The lowest BCUT2D eigenvalue weighted by molar-refractivity contribution is 0.0702. The van der Waals surface area contributed by atoms with Crippen LogP contribution in [0.1, 0.15) is 19.3 Å². The number of rotatable bonds is 3. The number of thiophene rings is 1. The molecular weight excluding hydrogens is 248 g/mol. The Bertz CT molecular complexity index is 519. The van der Waals surface area contributed by atoms with Gasteiger partial charge in [-0.05, 0) is 12.1 Å². The summed E-state index contributed by atoms with van der Waals surface area (Å²) in [5.41, 5.74) is 1.56. The van der Waals surface area contributed by atoms with Crippen LogP contribution in [-0.2, 0) is 0 Å². The van der Waals surface area contributed by atoms with E-state index in [0.29, 0.717) is 9.88 Å². The summed E-state index contributed by atoms with van der Waals surface area (Å²) in [6.07, 6.45) is 1.46. The maximum atomic E-state index is 11.6. The minimum Gasteiger partial charge on any atom is -0.477 e. The molecule has 7 heteroatoms. The first kappa shape index (κ1) is 10.8. The first-order chi connectivity index (χ1) is 7.66. The van der Waals surface area contributed by atoms with E-state index in [1.807, 2.05) is 0 Å². The van der Waals surface area contributed by atoms with Crippen molar-refractivity contribution in [2.75, 3.05) is 5.32 Å². The van der Waals surface area contributed by atoms with E-state index < -0.39 is 5.97 Å². The molecule has 0 aliphatic carbocycles. The molecule has 2 heterocycles. The Hall–Kier alpha value is -1.73. The molecule has 2 N–H and O–H groups in total. The monoisotopic (exact) mass is 254 g/mol. The van der Waals surface area contributed by atoms with Gasteiger partial charge in [0.25, 0.3) is 5.91 Å². The number of amides is 1. The second-order valence-corrected chi connectivity index (χ2v) is 4.76. The molecule has 0 radical (unpaired) electrons. The number of thiazole rings is 1. The molecule has 16 heavy (non-hydrogen) atoms. The number of hydrogen-bond donors (Lipinski definition) is 2. The minimum atomic E-state index is -0.997. The highest BCUT2D eigenvalue weighted by atomic mass is 32.1. The highest BCUT2D eigenvalue weighted by Crippen LogP contribution is 2.22. The molecule has 1 amide bonds. The van der Waals surface area contributed by atoms with Gasteiger partial charge in [0.2, 0.25) is 0 Å². The van der Waals surface area contributed by atoms with Gasteiger partial charge in [0, 0.05) is 0 Å². The predicted molar refractivity (Wildman–Crippen MR) is 61.3 cm³/mol. The molecular formula is C9H6N2O3S2. The van der Waals surface area contributed by atoms with Gasteiger partial charge in [0.05, 0.1) is 16.7 Å². The van der Waals surface area contributed by atoms with Crippen molar-refractivity contribution in [1.82, 2.24) is 4.98 Å². The molecule has 2 rings (SSSR count). The number of aromatic carboxylic acids is 1. The summed E-state index contributed by atoms with van der Waals surface area (Å²) >= 11 is 2.25. The third kappa shape index (κ3) is 2.26. The smallest absolute Gasteiger partial charge is 0.345 e. The van der Waals surface area contributed by atoms with Crippen LogP contribution in [-0.4, -0.2) is 22.0 Å². The molecule has 0 aliphatic heterocycles. The number of nitrogens with zero attached hydrogens (tertiary/aromatic N) is 1. The molecule has 2 aromatic rings. The Balaban J connectivity index is 2.09. The van der Waals surface area contributed by atoms with E-state index in [2.05, 4.69) is 10.3 Å². The highest BCUT2D eigenvalue weighted by molar-refractivity contribution is 7.18. The molecule has 0 aromatic carbocycles. The molecule has 5 nitrogen and oxygen atoms in total. The Kier molecular flexibility index (Phi) is 2.97. The molecule has 0 spiro atoms. The molecule has 0 fully saturated rings. The number of nitrogens with one attached hydrogen (secondary N) is 1. The van der Waals surface area contributed by atoms with Gasteiger partial charge in [-0.2, -0.15) is 0 Å².